The highest BCUT2D eigenvalue weighted by Crippen LogP contribution is 2.23. The molecule has 0 saturated carbocycles. The summed E-state index contributed by atoms with van der Waals surface area (Å²) in [5.74, 6) is 0. The van der Waals surface area contributed by atoms with Gasteiger partial charge >= 0.3 is 0 Å². The molecule has 9 heteroatoms. The van der Waals surface area contributed by atoms with Crippen LogP contribution < -0.4 is 0 Å². The Bertz CT molecular complexity index is 500. The lowest BCUT2D eigenvalue weighted by atomic mass is 10.1. The van der Waals surface area contributed by atoms with Gasteiger partial charge in [0.05, 0.1) is 17.6 Å². The molecule has 0 spiro atoms. The first kappa shape index (κ1) is 13.8. The molecule has 2 N–H and O–H groups in total. The SMILES string of the molecule is Cc1ncc(C(O)C(O)CN=[N+]=[N-])cc1[N+](=O)[O-]. The van der Waals surface area contributed by atoms with Crippen molar-refractivity contribution in [2.75, 3.05) is 6.54 Å². The van der Waals surface area contributed by atoms with E-state index in [4.69, 9.17) is 5.53 Å². The maximum absolute atomic E-state index is 10.7. The Morgan fingerprint density at radius 3 is 2.89 bits per heavy atom. The smallest absolute Gasteiger partial charge is 0.290 e. The minimum Gasteiger partial charge on any atom is -0.390 e. The van der Waals surface area contributed by atoms with Crippen molar-refractivity contribution in [1.29, 1.82) is 0 Å². The van der Waals surface area contributed by atoms with Crippen molar-refractivity contribution < 1.29 is 15.1 Å². The molecule has 9 nitrogen and oxygen atoms in total. The first-order valence-electron chi connectivity index (χ1n) is 4.95. The molecule has 1 aromatic heterocycles. The Hall–Kier alpha value is -2.22. The van der Waals surface area contributed by atoms with Crippen LogP contribution in [-0.4, -0.2) is 32.8 Å². The molecule has 0 fully saturated rings. The molecule has 0 bridgehead atoms. The van der Waals surface area contributed by atoms with Gasteiger partial charge in [-0.1, -0.05) is 5.11 Å². The van der Waals surface area contributed by atoms with Crippen LogP contribution in [-0.2, 0) is 0 Å². The highest BCUT2D eigenvalue weighted by Gasteiger charge is 2.21. The summed E-state index contributed by atoms with van der Waals surface area (Å²) in [4.78, 5) is 16.3. The highest BCUT2D eigenvalue weighted by atomic mass is 16.6. The van der Waals surface area contributed by atoms with Crippen LogP contribution in [0.2, 0.25) is 0 Å². The zero-order chi connectivity index (χ0) is 13.7. The van der Waals surface area contributed by atoms with Gasteiger partial charge in [-0.25, -0.2) is 0 Å². The average molecular weight is 253 g/mol. The van der Waals surface area contributed by atoms with Crippen molar-refractivity contribution in [2.45, 2.75) is 19.1 Å². The van der Waals surface area contributed by atoms with Gasteiger partial charge in [0.25, 0.3) is 5.69 Å². The van der Waals surface area contributed by atoms with Crippen LogP contribution in [0.25, 0.3) is 10.4 Å². The van der Waals surface area contributed by atoms with E-state index in [1.54, 1.807) is 0 Å². The fraction of sp³-hybridized carbons (Fsp3) is 0.444. The second-order valence-electron chi connectivity index (χ2n) is 3.56. The molecular formula is C9H11N5O4. The van der Waals surface area contributed by atoms with Crippen LogP contribution in [0.1, 0.15) is 17.4 Å². The van der Waals surface area contributed by atoms with E-state index in [-0.39, 0.29) is 23.5 Å². The molecule has 1 heterocycles. The minimum absolute atomic E-state index is 0.0907. The first-order valence-corrected chi connectivity index (χ1v) is 4.95. The number of aromatic nitrogens is 1. The summed E-state index contributed by atoms with van der Waals surface area (Å²) in [6.07, 6.45) is -1.51. The molecule has 96 valence electrons. The molecule has 2 atom stereocenters. The van der Waals surface area contributed by atoms with Gasteiger partial charge in [-0.15, -0.1) is 0 Å². The lowest BCUT2D eigenvalue weighted by Gasteiger charge is -2.15. The Morgan fingerprint density at radius 2 is 2.33 bits per heavy atom. The number of hydrogen-bond donors (Lipinski definition) is 2. The number of rotatable bonds is 5. The summed E-state index contributed by atoms with van der Waals surface area (Å²) < 4.78 is 0. The van der Waals surface area contributed by atoms with Crippen molar-refractivity contribution >= 4 is 5.69 Å². The largest absolute Gasteiger partial charge is 0.390 e. The maximum atomic E-state index is 10.7. The summed E-state index contributed by atoms with van der Waals surface area (Å²) in [7, 11) is 0. The third-order valence-electron chi connectivity index (χ3n) is 2.32. The third kappa shape index (κ3) is 3.14. The molecule has 0 aliphatic carbocycles. The quantitative estimate of drug-likeness (QED) is 0.264. The Kier molecular flexibility index (Phi) is 4.55. The van der Waals surface area contributed by atoms with Gasteiger partial charge in [0.15, 0.2) is 0 Å². The number of nitro groups is 1. The topological polar surface area (TPSA) is 145 Å². The normalized spacial score (nSPS) is 13.5. The second kappa shape index (κ2) is 5.92. The van der Waals surface area contributed by atoms with E-state index in [2.05, 4.69) is 15.0 Å². The van der Waals surface area contributed by atoms with E-state index >= 15 is 0 Å². The van der Waals surface area contributed by atoms with Gasteiger partial charge in [0.2, 0.25) is 0 Å². The van der Waals surface area contributed by atoms with E-state index < -0.39 is 17.1 Å². The van der Waals surface area contributed by atoms with Crippen molar-refractivity contribution in [3.05, 3.63) is 44.1 Å². The summed E-state index contributed by atoms with van der Waals surface area (Å²) in [6, 6.07) is 1.13. The van der Waals surface area contributed by atoms with Crippen LogP contribution >= 0.6 is 0 Å². The number of aryl methyl sites for hydroxylation is 1. The number of nitrogens with zero attached hydrogens (tertiary/aromatic N) is 5. The van der Waals surface area contributed by atoms with Gasteiger partial charge in [-0.3, -0.25) is 15.1 Å². The summed E-state index contributed by atoms with van der Waals surface area (Å²) in [6.45, 7) is 1.13. The van der Waals surface area contributed by atoms with E-state index in [9.17, 15) is 20.3 Å². The predicted octanol–water partition coefficient (Wildman–Crippen LogP) is 1.00. The Morgan fingerprint density at radius 1 is 1.67 bits per heavy atom. The minimum atomic E-state index is -1.40. The van der Waals surface area contributed by atoms with Crippen molar-refractivity contribution in [2.24, 2.45) is 5.11 Å². The summed E-state index contributed by atoms with van der Waals surface area (Å²) in [5.41, 5.74) is 8.14. The van der Waals surface area contributed by atoms with Crippen molar-refractivity contribution in [3.63, 3.8) is 0 Å². The maximum Gasteiger partial charge on any atom is 0.290 e. The number of pyridine rings is 1. The molecule has 18 heavy (non-hydrogen) atoms. The lowest BCUT2D eigenvalue weighted by Crippen LogP contribution is -2.21. The van der Waals surface area contributed by atoms with Crippen LogP contribution in [0.5, 0.6) is 0 Å². The van der Waals surface area contributed by atoms with Gasteiger partial charge in [-0.05, 0) is 12.5 Å². The summed E-state index contributed by atoms with van der Waals surface area (Å²) in [5, 5.41) is 33.0. The van der Waals surface area contributed by atoms with E-state index in [0.29, 0.717) is 0 Å². The predicted molar refractivity (Wildman–Crippen MR) is 60.6 cm³/mol. The monoisotopic (exact) mass is 253 g/mol. The number of azide groups is 1. The molecule has 2 unspecified atom stereocenters. The second-order valence-corrected chi connectivity index (χ2v) is 3.56. The molecular weight excluding hydrogens is 242 g/mol. The van der Waals surface area contributed by atoms with E-state index in [1.165, 1.54) is 13.1 Å². The summed E-state index contributed by atoms with van der Waals surface area (Å²) >= 11 is 0. The Balaban J connectivity index is 2.99. The zero-order valence-corrected chi connectivity index (χ0v) is 9.46. The van der Waals surface area contributed by atoms with Crippen molar-refractivity contribution in [1.82, 2.24) is 4.98 Å². The van der Waals surface area contributed by atoms with Crippen LogP contribution in [0, 0.1) is 17.0 Å². The number of aliphatic hydroxyl groups excluding tert-OH is 2. The highest BCUT2D eigenvalue weighted by molar-refractivity contribution is 5.38. The molecule has 0 aliphatic rings. The van der Waals surface area contributed by atoms with Crippen LogP contribution in [0.15, 0.2) is 17.4 Å². The molecule has 1 rings (SSSR count). The van der Waals surface area contributed by atoms with Gasteiger partial charge in [0.1, 0.15) is 11.8 Å². The molecule has 0 aromatic carbocycles. The van der Waals surface area contributed by atoms with Crippen molar-refractivity contribution in [3.8, 4) is 0 Å². The number of hydrogen-bond acceptors (Lipinski definition) is 6. The van der Waals surface area contributed by atoms with Gasteiger partial charge in [0, 0.05) is 22.7 Å². The third-order valence-corrected chi connectivity index (χ3v) is 2.32. The molecule has 0 radical (unpaired) electrons. The fourth-order valence-corrected chi connectivity index (χ4v) is 1.33. The average Bonchev–Trinajstić information content (AvgIpc) is 2.35. The Labute approximate surface area is 101 Å². The van der Waals surface area contributed by atoms with Gasteiger partial charge < -0.3 is 10.2 Å². The lowest BCUT2D eigenvalue weighted by molar-refractivity contribution is -0.385. The standard InChI is InChI=1S/C9H11N5O4/c1-5-7(14(17)18)2-6(3-11-5)9(16)8(15)4-12-13-10/h2-3,8-9,15-16H,4H2,1H3. The van der Waals surface area contributed by atoms with Crippen LogP contribution in [0.4, 0.5) is 5.69 Å². The molecule has 0 saturated heterocycles. The zero-order valence-electron chi connectivity index (χ0n) is 9.46. The van der Waals surface area contributed by atoms with Gasteiger partial charge in [-0.2, -0.15) is 0 Å². The van der Waals surface area contributed by atoms with E-state index in [1.807, 2.05) is 0 Å². The van der Waals surface area contributed by atoms with Crippen LogP contribution in [0.3, 0.4) is 0 Å². The fourth-order valence-electron chi connectivity index (χ4n) is 1.33. The van der Waals surface area contributed by atoms with E-state index in [0.717, 1.165) is 6.07 Å². The first-order chi connectivity index (χ1) is 8.47. The molecule has 0 aliphatic heterocycles. The molecule has 0 amide bonds. The molecule has 1 aromatic rings. The number of aliphatic hydroxyl groups is 2.